The number of methoxy groups -OCH3 is 1. The lowest BCUT2D eigenvalue weighted by molar-refractivity contribution is -0.131. The zero-order valence-electron chi connectivity index (χ0n) is 10.2. The van der Waals surface area contributed by atoms with Gasteiger partial charge in [0.25, 0.3) is 5.91 Å². The second-order valence-electron chi connectivity index (χ2n) is 3.81. The molecule has 0 aliphatic carbocycles. The number of hydrogen-bond donors (Lipinski definition) is 2. The number of hydrogen-bond acceptors (Lipinski definition) is 3. The normalized spacial score (nSPS) is 12.1. The molecule has 0 spiro atoms. The summed E-state index contributed by atoms with van der Waals surface area (Å²) in [5, 5.41) is 2.85. The largest absolute Gasteiger partial charge is 0.367 e. The van der Waals surface area contributed by atoms with Crippen molar-refractivity contribution in [1.82, 2.24) is 5.32 Å². The predicted molar refractivity (Wildman–Crippen MR) is 67.5 cm³/mol. The third kappa shape index (κ3) is 4.54. The summed E-state index contributed by atoms with van der Waals surface area (Å²) < 4.78 is 5.22. The second-order valence-corrected chi connectivity index (χ2v) is 3.81. The van der Waals surface area contributed by atoms with Crippen LogP contribution in [0, 0.1) is 0 Å². The van der Waals surface area contributed by atoms with Crippen molar-refractivity contribution in [2.45, 2.75) is 18.9 Å². The van der Waals surface area contributed by atoms with Crippen molar-refractivity contribution in [2.75, 3.05) is 20.2 Å². The Morgan fingerprint density at radius 1 is 1.35 bits per heavy atom. The molecule has 0 radical (unpaired) electrons. The van der Waals surface area contributed by atoms with Crippen LogP contribution in [0.1, 0.15) is 24.5 Å². The Hall–Kier alpha value is -1.39. The lowest BCUT2D eigenvalue weighted by Crippen LogP contribution is -2.31. The summed E-state index contributed by atoms with van der Waals surface area (Å²) in [4.78, 5) is 11.9. The van der Waals surface area contributed by atoms with Crippen LogP contribution in [0.15, 0.2) is 30.3 Å². The van der Waals surface area contributed by atoms with Crippen molar-refractivity contribution in [2.24, 2.45) is 5.73 Å². The van der Waals surface area contributed by atoms with E-state index in [2.05, 4.69) is 5.32 Å². The minimum Gasteiger partial charge on any atom is -0.367 e. The summed E-state index contributed by atoms with van der Waals surface area (Å²) >= 11 is 0. The van der Waals surface area contributed by atoms with E-state index in [1.807, 2.05) is 30.3 Å². The molecule has 94 valence electrons. The number of amides is 1. The van der Waals surface area contributed by atoms with Crippen molar-refractivity contribution in [3.05, 3.63) is 35.9 Å². The zero-order chi connectivity index (χ0) is 12.5. The van der Waals surface area contributed by atoms with Gasteiger partial charge < -0.3 is 15.8 Å². The number of nitrogens with one attached hydrogen (secondary N) is 1. The van der Waals surface area contributed by atoms with Crippen LogP contribution in [0.4, 0.5) is 0 Å². The monoisotopic (exact) mass is 236 g/mol. The molecule has 4 nitrogen and oxygen atoms in total. The predicted octanol–water partition coefficient (Wildman–Crippen LogP) is 1.23. The number of rotatable bonds is 7. The van der Waals surface area contributed by atoms with Gasteiger partial charge in [-0.15, -0.1) is 0 Å². The molecular weight excluding hydrogens is 216 g/mol. The molecule has 0 bridgehead atoms. The van der Waals surface area contributed by atoms with Gasteiger partial charge in [-0.25, -0.2) is 0 Å². The lowest BCUT2D eigenvalue weighted by Gasteiger charge is -2.15. The molecule has 17 heavy (non-hydrogen) atoms. The molecule has 4 heteroatoms. The van der Waals surface area contributed by atoms with Gasteiger partial charge in [0.05, 0.1) is 0 Å². The fraction of sp³-hybridized carbons (Fsp3) is 0.462. The molecule has 0 heterocycles. The van der Waals surface area contributed by atoms with E-state index in [4.69, 9.17) is 10.5 Å². The fourth-order valence-corrected chi connectivity index (χ4v) is 1.60. The number of ether oxygens (including phenoxy) is 1. The number of carbonyl (C=O) groups excluding carboxylic acids is 1. The molecule has 3 N–H and O–H groups in total. The van der Waals surface area contributed by atoms with Crippen LogP contribution in [-0.2, 0) is 9.53 Å². The Morgan fingerprint density at radius 2 is 2.06 bits per heavy atom. The van der Waals surface area contributed by atoms with E-state index in [0.717, 1.165) is 18.4 Å². The smallest absolute Gasteiger partial charge is 0.253 e. The number of unbranched alkanes of at least 4 members (excludes halogenated alkanes) is 1. The molecule has 0 aromatic heterocycles. The highest BCUT2D eigenvalue weighted by atomic mass is 16.5. The van der Waals surface area contributed by atoms with Crippen molar-refractivity contribution in [3.8, 4) is 0 Å². The number of nitrogens with two attached hydrogens (primary N) is 1. The minimum absolute atomic E-state index is 0.101. The Balaban J connectivity index is 2.48. The maximum atomic E-state index is 11.9. The lowest BCUT2D eigenvalue weighted by atomic mass is 10.1. The van der Waals surface area contributed by atoms with E-state index in [1.165, 1.54) is 7.11 Å². The zero-order valence-corrected chi connectivity index (χ0v) is 10.2. The molecule has 0 saturated carbocycles. The number of carbonyl (C=O) groups is 1. The molecule has 1 atom stereocenters. The summed E-state index contributed by atoms with van der Waals surface area (Å²) in [6.07, 6.45) is 1.28. The Morgan fingerprint density at radius 3 is 2.65 bits per heavy atom. The summed E-state index contributed by atoms with van der Waals surface area (Å²) in [5.74, 6) is -0.101. The quantitative estimate of drug-likeness (QED) is 0.700. The number of benzene rings is 1. The van der Waals surface area contributed by atoms with Gasteiger partial charge in [-0.05, 0) is 24.9 Å². The van der Waals surface area contributed by atoms with E-state index in [9.17, 15) is 4.79 Å². The molecule has 0 fully saturated rings. The van der Waals surface area contributed by atoms with Crippen LogP contribution in [0.5, 0.6) is 0 Å². The molecule has 0 saturated heterocycles. The SMILES string of the molecule is COC(C(=O)NCCCCN)c1ccccc1. The minimum atomic E-state index is -0.533. The first-order valence-corrected chi connectivity index (χ1v) is 5.85. The first-order valence-electron chi connectivity index (χ1n) is 5.85. The van der Waals surface area contributed by atoms with Crippen molar-refractivity contribution >= 4 is 5.91 Å². The third-order valence-electron chi connectivity index (χ3n) is 2.51. The average Bonchev–Trinajstić information content (AvgIpc) is 2.37. The van der Waals surface area contributed by atoms with Crippen LogP contribution >= 0.6 is 0 Å². The van der Waals surface area contributed by atoms with Gasteiger partial charge in [-0.3, -0.25) is 4.79 Å². The highest BCUT2D eigenvalue weighted by Crippen LogP contribution is 2.15. The molecule has 1 amide bonds. The van der Waals surface area contributed by atoms with E-state index in [0.29, 0.717) is 13.1 Å². The van der Waals surface area contributed by atoms with E-state index in [-0.39, 0.29) is 5.91 Å². The Kier molecular flexibility index (Phi) is 6.29. The fourth-order valence-electron chi connectivity index (χ4n) is 1.60. The van der Waals surface area contributed by atoms with Gasteiger partial charge in [0.1, 0.15) is 0 Å². The van der Waals surface area contributed by atoms with Gasteiger partial charge in [0.2, 0.25) is 0 Å². The van der Waals surface area contributed by atoms with Gasteiger partial charge in [0.15, 0.2) is 6.10 Å². The standard InChI is InChI=1S/C13H20N2O2/c1-17-12(11-7-3-2-4-8-11)13(16)15-10-6-5-9-14/h2-4,7-8,12H,5-6,9-10,14H2,1H3,(H,15,16). The first kappa shape index (κ1) is 13.7. The topological polar surface area (TPSA) is 64.3 Å². The van der Waals surface area contributed by atoms with Crippen molar-refractivity contribution in [3.63, 3.8) is 0 Å². The molecule has 0 aliphatic heterocycles. The van der Waals surface area contributed by atoms with E-state index < -0.39 is 6.10 Å². The summed E-state index contributed by atoms with van der Waals surface area (Å²) in [6, 6.07) is 9.46. The van der Waals surface area contributed by atoms with Gasteiger partial charge >= 0.3 is 0 Å². The summed E-state index contributed by atoms with van der Waals surface area (Å²) in [5.41, 5.74) is 6.25. The first-order chi connectivity index (χ1) is 8.29. The van der Waals surface area contributed by atoms with Crippen LogP contribution in [0.3, 0.4) is 0 Å². The van der Waals surface area contributed by atoms with Gasteiger partial charge in [-0.2, -0.15) is 0 Å². The van der Waals surface area contributed by atoms with Crippen molar-refractivity contribution < 1.29 is 9.53 Å². The van der Waals surface area contributed by atoms with E-state index in [1.54, 1.807) is 0 Å². The van der Waals surface area contributed by atoms with Crippen LogP contribution in [-0.4, -0.2) is 26.1 Å². The van der Waals surface area contributed by atoms with Gasteiger partial charge in [0, 0.05) is 13.7 Å². The second kappa shape index (κ2) is 7.81. The summed E-state index contributed by atoms with van der Waals surface area (Å²) in [6.45, 7) is 1.30. The maximum Gasteiger partial charge on any atom is 0.253 e. The van der Waals surface area contributed by atoms with Gasteiger partial charge in [-0.1, -0.05) is 30.3 Å². The average molecular weight is 236 g/mol. The Bertz CT molecular complexity index is 327. The van der Waals surface area contributed by atoms with Crippen LogP contribution in [0.2, 0.25) is 0 Å². The molecule has 0 aliphatic rings. The van der Waals surface area contributed by atoms with E-state index >= 15 is 0 Å². The molecule has 1 aromatic rings. The maximum absolute atomic E-state index is 11.9. The molecular formula is C13H20N2O2. The third-order valence-corrected chi connectivity index (χ3v) is 2.51. The molecule has 1 aromatic carbocycles. The summed E-state index contributed by atoms with van der Waals surface area (Å²) in [7, 11) is 1.54. The Labute approximate surface area is 102 Å². The van der Waals surface area contributed by atoms with Crippen LogP contribution in [0.25, 0.3) is 0 Å². The highest BCUT2D eigenvalue weighted by Gasteiger charge is 2.18. The van der Waals surface area contributed by atoms with Crippen LogP contribution < -0.4 is 11.1 Å². The van der Waals surface area contributed by atoms with Crippen molar-refractivity contribution in [1.29, 1.82) is 0 Å². The molecule has 1 rings (SSSR count). The highest BCUT2D eigenvalue weighted by molar-refractivity contribution is 5.82. The molecule has 1 unspecified atom stereocenters.